The standard InChI is InChI=1S/C22H25N5O2/c28-17-13-27(14-17)16-11-19-22(26-9-8-23-19)20(12-16)29-18-4-2-15(3-5-18)10-21-24-6-1-7-25-21/h1,6-9,11-12,15,17-18,28H,2-5,10,13-14H2. The summed E-state index contributed by atoms with van der Waals surface area (Å²) in [5.41, 5.74) is 2.67. The number of aliphatic hydroxyl groups is 1. The summed E-state index contributed by atoms with van der Waals surface area (Å²) in [7, 11) is 0. The van der Waals surface area contributed by atoms with Gasteiger partial charge in [-0.1, -0.05) is 0 Å². The van der Waals surface area contributed by atoms with Crippen molar-refractivity contribution in [3.05, 3.63) is 48.8 Å². The summed E-state index contributed by atoms with van der Waals surface area (Å²) in [6, 6.07) is 5.93. The van der Waals surface area contributed by atoms with Crippen LogP contribution in [0.3, 0.4) is 0 Å². The monoisotopic (exact) mass is 391 g/mol. The largest absolute Gasteiger partial charge is 0.488 e. The fourth-order valence-corrected chi connectivity index (χ4v) is 4.29. The molecule has 2 fully saturated rings. The lowest BCUT2D eigenvalue weighted by atomic mass is 9.85. The normalized spacial score (nSPS) is 22.4. The van der Waals surface area contributed by atoms with Crippen LogP contribution in [0.2, 0.25) is 0 Å². The molecule has 7 nitrogen and oxygen atoms in total. The molecule has 1 aliphatic heterocycles. The number of hydrogen-bond acceptors (Lipinski definition) is 7. The molecule has 2 aliphatic rings. The van der Waals surface area contributed by atoms with Crippen molar-refractivity contribution >= 4 is 16.7 Å². The van der Waals surface area contributed by atoms with E-state index >= 15 is 0 Å². The van der Waals surface area contributed by atoms with Crippen molar-refractivity contribution in [2.24, 2.45) is 5.92 Å². The Morgan fingerprint density at radius 3 is 2.45 bits per heavy atom. The number of aliphatic hydroxyl groups excluding tert-OH is 1. The molecule has 1 saturated carbocycles. The highest BCUT2D eigenvalue weighted by atomic mass is 16.5. The van der Waals surface area contributed by atoms with E-state index in [0.717, 1.165) is 60.4 Å². The maximum absolute atomic E-state index is 9.64. The third kappa shape index (κ3) is 4.00. The summed E-state index contributed by atoms with van der Waals surface area (Å²) < 4.78 is 6.43. The molecule has 1 aromatic carbocycles. The fraction of sp³-hybridized carbons (Fsp3) is 0.455. The third-order valence-electron chi connectivity index (χ3n) is 5.93. The highest BCUT2D eigenvalue weighted by Gasteiger charge is 2.27. The topological polar surface area (TPSA) is 84.3 Å². The number of rotatable bonds is 5. The molecule has 0 bridgehead atoms. The molecule has 29 heavy (non-hydrogen) atoms. The molecule has 0 amide bonds. The van der Waals surface area contributed by atoms with Crippen LogP contribution < -0.4 is 9.64 Å². The predicted octanol–water partition coefficient (Wildman–Crippen LogP) is 2.78. The lowest BCUT2D eigenvalue weighted by Crippen LogP contribution is -2.50. The van der Waals surface area contributed by atoms with Crippen molar-refractivity contribution in [3.8, 4) is 5.75 Å². The molecule has 2 aromatic heterocycles. The van der Waals surface area contributed by atoms with Gasteiger partial charge in [-0.2, -0.15) is 0 Å². The van der Waals surface area contributed by atoms with Gasteiger partial charge in [-0.3, -0.25) is 4.98 Å². The highest BCUT2D eigenvalue weighted by molar-refractivity contribution is 5.85. The van der Waals surface area contributed by atoms with Crippen LogP contribution in [0.15, 0.2) is 43.0 Å². The number of hydrogen-bond donors (Lipinski definition) is 1. The van der Waals surface area contributed by atoms with Gasteiger partial charge in [0.1, 0.15) is 17.1 Å². The summed E-state index contributed by atoms with van der Waals surface area (Å²) in [4.78, 5) is 19.8. The van der Waals surface area contributed by atoms with Gasteiger partial charge >= 0.3 is 0 Å². The molecule has 3 aromatic rings. The van der Waals surface area contributed by atoms with Crippen LogP contribution in [-0.2, 0) is 6.42 Å². The summed E-state index contributed by atoms with van der Waals surface area (Å²) in [5, 5.41) is 9.64. The maximum atomic E-state index is 9.64. The molecule has 0 spiro atoms. The lowest BCUT2D eigenvalue weighted by molar-refractivity contribution is 0.131. The minimum Gasteiger partial charge on any atom is -0.488 e. The van der Waals surface area contributed by atoms with Crippen LogP contribution in [0.4, 0.5) is 5.69 Å². The van der Waals surface area contributed by atoms with Crippen LogP contribution in [0.1, 0.15) is 31.5 Å². The van der Waals surface area contributed by atoms with Crippen molar-refractivity contribution < 1.29 is 9.84 Å². The van der Waals surface area contributed by atoms with Crippen LogP contribution >= 0.6 is 0 Å². The number of aromatic nitrogens is 4. The van der Waals surface area contributed by atoms with Gasteiger partial charge in [0.15, 0.2) is 0 Å². The van der Waals surface area contributed by atoms with Gasteiger partial charge in [0.25, 0.3) is 0 Å². The summed E-state index contributed by atoms with van der Waals surface area (Å²) in [5.74, 6) is 2.34. The van der Waals surface area contributed by atoms with Crippen molar-refractivity contribution in [2.75, 3.05) is 18.0 Å². The predicted molar refractivity (Wildman–Crippen MR) is 110 cm³/mol. The van der Waals surface area contributed by atoms with E-state index in [4.69, 9.17) is 4.74 Å². The first kappa shape index (κ1) is 18.2. The van der Waals surface area contributed by atoms with E-state index < -0.39 is 0 Å². The summed E-state index contributed by atoms with van der Waals surface area (Å²) >= 11 is 0. The molecule has 3 heterocycles. The summed E-state index contributed by atoms with van der Waals surface area (Å²) in [6.07, 6.45) is 12.2. The number of benzene rings is 1. The first-order valence-corrected chi connectivity index (χ1v) is 10.3. The van der Waals surface area contributed by atoms with E-state index in [1.165, 1.54) is 0 Å². The highest BCUT2D eigenvalue weighted by Crippen LogP contribution is 2.35. The number of ether oxygens (including phenoxy) is 1. The van der Waals surface area contributed by atoms with Crippen molar-refractivity contribution in [2.45, 2.75) is 44.3 Å². The molecule has 1 N–H and O–H groups in total. The first-order valence-electron chi connectivity index (χ1n) is 10.3. The van der Waals surface area contributed by atoms with Crippen LogP contribution in [0.5, 0.6) is 5.75 Å². The van der Waals surface area contributed by atoms with Gasteiger partial charge in [-0.05, 0) is 43.7 Å². The van der Waals surface area contributed by atoms with E-state index in [1.807, 2.05) is 30.6 Å². The van der Waals surface area contributed by atoms with Crippen LogP contribution in [-0.4, -0.2) is 50.3 Å². The van der Waals surface area contributed by atoms with E-state index in [9.17, 15) is 5.11 Å². The summed E-state index contributed by atoms with van der Waals surface area (Å²) in [6.45, 7) is 1.30. The maximum Gasteiger partial charge on any atom is 0.149 e. The van der Waals surface area contributed by atoms with Crippen LogP contribution in [0.25, 0.3) is 11.0 Å². The second-order valence-electron chi connectivity index (χ2n) is 8.06. The average molecular weight is 391 g/mol. The van der Waals surface area contributed by atoms with E-state index in [2.05, 4.69) is 24.8 Å². The Morgan fingerprint density at radius 2 is 1.69 bits per heavy atom. The van der Waals surface area contributed by atoms with Gasteiger partial charge in [0.05, 0.1) is 17.7 Å². The molecule has 0 radical (unpaired) electrons. The van der Waals surface area contributed by atoms with Gasteiger partial charge in [-0.25, -0.2) is 15.0 Å². The molecule has 150 valence electrons. The Morgan fingerprint density at radius 1 is 0.931 bits per heavy atom. The molecule has 1 aliphatic carbocycles. The van der Waals surface area contributed by atoms with E-state index in [-0.39, 0.29) is 12.2 Å². The fourth-order valence-electron chi connectivity index (χ4n) is 4.29. The number of nitrogens with zero attached hydrogens (tertiary/aromatic N) is 5. The Bertz CT molecular complexity index is 969. The Balaban J connectivity index is 1.28. The smallest absolute Gasteiger partial charge is 0.149 e. The van der Waals surface area contributed by atoms with Crippen molar-refractivity contribution in [1.82, 2.24) is 19.9 Å². The van der Waals surface area contributed by atoms with E-state index in [0.29, 0.717) is 19.0 Å². The van der Waals surface area contributed by atoms with Crippen LogP contribution in [0, 0.1) is 5.92 Å². The minimum atomic E-state index is -0.249. The third-order valence-corrected chi connectivity index (χ3v) is 5.93. The zero-order valence-electron chi connectivity index (χ0n) is 16.3. The molecule has 1 saturated heterocycles. The second kappa shape index (κ2) is 7.91. The Labute approximate surface area is 169 Å². The molecule has 0 unspecified atom stereocenters. The van der Waals surface area contributed by atoms with E-state index in [1.54, 1.807) is 12.4 Å². The Hall–Kier alpha value is -2.80. The molecular formula is C22H25N5O2. The van der Waals surface area contributed by atoms with Crippen molar-refractivity contribution in [3.63, 3.8) is 0 Å². The molecular weight excluding hydrogens is 366 g/mol. The van der Waals surface area contributed by atoms with Gasteiger partial charge in [0, 0.05) is 56.1 Å². The number of β-amino-alcohol motifs (C(OH)–C–C–N with tert-alkyl or cyclic N) is 1. The second-order valence-corrected chi connectivity index (χ2v) is 8.06. The molecule has 5 rings (SSSR count). The molecule has 0 atom stereocenters. The number of anilines is 1. The van der Waals surface area contributed by atoms with Gasteiger partial charge < -0.3 is 14.7 Å². The zero-order chi connectivity index (χ0) is 19.6. The van der Waals surface area contributed by atoms with Gasteiger partial charge in [0.2, 0.25) is 0 Å². The quantitative estimate of drug-likeness (QED) is 0.716. The minimum absolute atomic E-state index is 0.186. The molecule has 7 heteroatoms. The number of fused-ring (bicyclic) bond motifs is 1. The lowest BCUT2D eigenvalue weighted by Gasteiger charge is -2.38. The SMILES string of the molecule is OC1CN(c2cc(OC3CCC(Cc4ncccn4)CC3)c3nccnc3c2)C1. The average Bonchev–Trinajstić information content (AvgIpc) is 2.73. The zero-order valence-corrected chi connectivity index (χ0v) is 16.3. The van der Waals surface area contributed by atoms with Crippen molar-refractivity contribution in [1.29, 1.82) is 0 Å². The van der Waals surface area contributed by atoms with Gasteiger partial charge in [-0.15, -0.1) is 0 Å². The Kier molecular flexibility index (Phi) is 4.97. The first-order chi connectivity index (χ1) is 14.2.